The van der Waals surface area contributed by atoms with Gasteiger partial charge in [0.15, 0.2) is 0 Å². The van der Waals surface area contributed by atoms with E-state index in [4.69, 9.17) is 5.11 Å². The number of carboxylic acids is 1. The van der Waals surface area contributed by atoms with Gasteiger partial charge in [-0.2, -0.15) is 0 Å². The van der Waals surface area contributed by atoms with Gasteiger partial charge in [0.05, 0.1) is 12.1 Å². The zero-order chi connectivity index (χ0) is 15.4. The zero-order valence-electron chi connectivity index (χ0n) is 11.9. The SMILES string of the molecule is CCC(NC(=O)N1C[C@@H](O)C[C@H]1C(=O)O)c1ccccc1. The van der Waals surface area contributed by atoms with E-state index in [0.717, 1.165) is 5.56 Å². The minimum absolute atomic E-state index is 0.0496. The molecule has 1 aliphatic heterocycles. The number of nitrogens with one attached hydrogen (secondary N) is 1. The summed E-state index contributed by atoms with van der Waals surface area (Å²) >= 11 is 0. The molecule has 1 unspecified atom stereocenters. The number of carboxylic acid groups (broad SMARTS) is 1. The molecule has 1 aliphatic rings. The lowest BCUT2D eigenvalue weighted by Gasteiger charge is -2.25. The number of urea groups is 1. The lowest BCUT2D eigenvalue weighted by molar-refractivity contribution is -0.141. The Morgan fingerprint density at radius 2 is 2.05 bits per heavy atom. The van der Waals surface area contributed by atoms with E-state index in [0.29, 0.717) is 6.42 Å². The van der Waals surface area contributed by atoms with Crippen LogP contribution in [0.1, 0.15) is 31.4 Å². The molecule has 0 bridgehead atoms. The first-order valence-corrected chi connectivity index (χ1v) is 7.05. The van der Waals surface area contributed by atoms with E-state index in [1.54, 1.807) is 0 Å². The molecular weight excluding hydrogens is 272 g/mol. The lowest BCUT2D eigenvalue weighted by Crippen LogP contribution is -2.47. The average Bonchev–Trinajstić information content (AvgIpc) is 2.88. The van der Waals surface area contributed by atoms with Crippen molar-refractivity contribution in [3.63, 3.8) is 0 Å². The molecule has 0 spiro atoms. The van der Waals surface area contributed by atoms with Crippen molar-refractivity contribution in [2.24, 2.45) is 0 Å². The van der Waals surface area contributed by atoms with Crippen molar-refractivity contribution in [1.29, 1.82) is 0 Å². The fraction of sp³-hybridized carbons (Fsp3) is 0.467. The summed E-state index contributed by atoms with van der Waals surface area (Å²) in [5.41, 5.74) is 0.972. The predicted molar refractivity (Wildman–Crippen MR) is 76.8 cm³/mol. The van der Waals surface area contributed by atoms with Crippen LogP contribution in [0.15, 0.2) is 30.3 Å². The van der Waals surface area contributed by atoms with Gasteiger partial charge in [0.25, 0.3) is 0 Å². The predicted octanol–water partition coefficient (Wildman–Crippen LogP) is 1.37. The standard InChI is InChI=1S/C15H20N2O4/c1-2-12(10-6-4-3-5-7-10)16-15(21)17-9-11(18)8-13(17)14(19)20/h3-7,11-13,18H,2,8-9H2,1H3,(H,16,21)(H,19,20)/t11-,12?,13-/m0/s1. The van der Waals surface area contributed by atoms with Crippen molar-refractivity contribution in [3.8, 4) is 0 Å². The summed E-state index contributed by atoms with van der Waals surface area (Å²) in [5.74, 6) is -1.09. The van der Waals surface area contributed by atoms with Crippen LogP contribution in [-0.2, 0) is 4.79 Å². The van der Waals surface area contributed by atoms with E-state index in [9.17, 15) is 14.7 Å². The molecule has 3 N–H and O–H groups in total. The van der Waals surface area contributed by atoms with E-state index in [1.807, 2.05) is 37.3 Å². The Morgan fingerprint density at radius 1 is 1.38 bits per heavy atom. The van der Waals surface area contributed by atoms with E-state index in [-0.39, 0.29) is 19.0 Å². The first-order chi connectivity index (χ1) is 10.0. The number of aliphatic carboxylic acids is 1. The monoisotopic (exact) mass is 292 g/mol. The summed E-state index contributed by atoms with van der Waals surface area (Å²) in [5, 5.41) is 21.6. The third-order valence-electron chi connectivity index (χ3n) is 3.73. The summed E-state index contributed by atoms with van der Waals surface area (Å²) < 4.78 is 0. The Bertz CT molecular complexity index is 506. The Morgan fingerprint density at radius 3 is 2.62 bits per heavy atom. The molecular formula is C15H20N2O4. The number of amides is 2. The normalized spacial score (nSPS) is 22.9. The summed E-state index contributed by atoms with van der Waals surface area (Å²) in [6, 6.07) is 7.93. The number of hydrogen-bond donors (Lipinski definition) is 3. The molecule has 1 saturated heterocycles. The molecule has 21 heavy (non-hydrogen) atoms. The summed E-state index contributed by atoms with van der Waals surface area (Å²) in [4.78, 5) is 24.6. The van der Waals surface area contributed by atoms with Gasteiger partial charge < -0.3 is 20.4 Å². The summed E-state index contributed by atoms with van der Waals surface area (Å²) in [7, 11) is 0. The molecule has 1 heterocycles. The van der Waals surface area contributed by atoms with Crippen LogP contribution in [0, 0.1) is 0 Å². The maximum absolute atomic E-state index is 12.3. The van der Waals surface area contributed by atoms with Crippen molar-refractivity contribution in [1.82, 2.24) is 10.2 Å². The van der Waals surface area contributed by atoms with Crippen molar-refractivity contribution in [2.45, 2.75) is 38.0 Å². The first-order valence-electron chi connectivity index (χ1n) is 7.05. The van der Waals surface area contributed by atoms with Gasteiger partial charge in [0.1, 0.15) is 6.04 Å². The number of aliphatic hydroxyl groups is 1. The van der Waals surface area contributed by atoms with Crippen molar-refractivity contribution >= 4 is 12.0 Å². The van der Waals surface area contributed by atoms with Crippen molar-refractivity contribution in [3.05, 3.63) is 35.9 Å². The Labute approximate surface area is 123 Å². The van der Waals surface area contributed by atoms with Crippen LogP contribution in [-0.4, -0.2) is 45.8 Å². The van der Waals surface area contributed by atoms with Crippen LogP contribution < -0.4 is 5.32 Å². The van der Waals surface area contributed by atoms with Crippen molar-refractivity contribution in [2.75, 3.05) is 6.54 Å². The highest BCUT2D eigenvalue weighted by Gasteiger charge is 2.39. The first kappa shape index (κ1) is 15.3. The van der Waals surface area contributed by atoms with Crippen LogP contribution in [0.25, 0.3) is 0 Å². The van der Waals surface area contributed by atoms with Crippen LogP contribution in [0.2, 0.25) is 0 Å². The highest BCUT2D eigenvalue weighted by molar-refractivity contribution is 5.83. The Balaban J connectivity index is 2.07. The van der Waals surface area contributed by atoms with Gasteiger partial charge >= 0.3 is 12.0 Å². The third-order valence-corrected chi connectivity index (χ3v) is 3.73. The largest absolute Gasteiger partial charge is 0.480 e. The molecule has 2 rings (SSSR count). The second kappa shape index (κ2) is 6.58. The van der Waals surface area contributed by atoms with E-state index < -0.39 is 24.1 Å². The Kier molecular flexibility index (Phi) is 4.80. The number of nitrogens with zero attached hydrogens (tertiary/aromatic N) is 1. The maximum Gasteiger partial charge on any atom is 0.326 e. The molecule has 1 aromatic carbocycles. The van der Waals surface area contributed by atoms with Crippen LogP contribution in [0.4, 0.5) is 4.79 Å². The van der Waals surface area contributed by atoms with Crippen molar-refractivity contribution < 1.29 is 19.8 Å². The van der Waals surface area contributed by atoms with E-state index >= 15 is 0 Å². The topological polar surface area (TPSA) is 89.9 Å². The molecule has 3 atom stereocenters. The summed E-state index contributed by atoms with van der Waals surface area (Å²) in [6.45, 7) is 2.00. The quantitative estimate of drug-likeness (QED) is 0.781. The molecule has 1 aromatic rings. The molecule has 6 nitrogen and oxygen atoms in total. The van der Waals surface area contributed by atoms with Gasteiger partial charge in [0.2, 0.25) is 0 Å². The third kappa shape index (κ3) is 3.52. The minimum atomic E-state index is -1.09. The smallest absolute Gasteiger partial charge is 0.326 e. The molecule has 0 aromatic heterocycles. The number of carbonyl (C=O) groups is 2. The van der Waals surface area contributed by atoms with Gasteiger partial charge in [-0.05, 0) is 12.0 Å². The number of β-amino-alcohol motifs (C(OH)–C–C–N with tert-alkyl or cyclic N) is 1. The second-order valence-electron chi connectivity index (χ2n) is 5.22. The van der Waals surface area contributed by atoms with E-state index in [1.165, 1.54) is 4.90 Å². The highest BCUT2D eigenvalue weighted by atomic mass is 16.4. The van der Waals surface area contributed by atoms with Gasteiger partial charge in [-0.1, -0.05) is 37.3 Å². The highest BCUT2D eigenvalue weighted by Crippen LogP contribution is 2.21. The minimum Gasteiger partial charge on any atom is -0.480 e. The van der Waals surface area contributed by atoms with Gasteiger partial charge in [-0.25, -0.2) is 9.59 Å². The molecule has 0 aliphatic carbocycles. The second-order valence-corrected chi connectivity index (χ2v) is 5.22. The molecule has 1 fully saturated rings. The average molecular weight is 292 g/mol. The molecule has 0 radical (unpaired) electrons. The van der Waals surface area contributed by atoms with Crippen LogP contribution in [0.5, 0.6) is 0 Å². The van der Waals surface area contributed by atoms with Crippen LogP contribution >= 0.6 is 0 Å². The maximum atomic E-state index is 12.3. The van der Waals surface area contributed by atoms with Gasteiger partial charge in [-0.3, -0.25) is 0 Å². The number of rotatable bonds is 4. The lowest BCUT2D eigenvalue weighted by atomic mass is 10.1. The fourth-order valence-electron chi connectivity index (χ4n) is 2.61. The number of likely N-dealkylation sites (tertiary alicyclic amines) is 1. The summed E-state index contributed by atoms with van der Waals surface area (Å²) in [6.07, 6.45) is -0.0111. The number of hydrogen-bond acceptors (Lipinski definition) is 3. The molecule has 114 valence electrons. The molecule has 0 saturated carbocycles. The molecule has 2 amide bonds. The van der Waals surface area contributed by atoms with E-state index in [2.05, 4.69) is 5.32 Å². The molecule has 6 heteroatoms. The number of aliphatic hydroxyl groups excluding tert-OH is 1. The van der Waals surface area contributed by atoms with Crippen LogP contribution in [0.3, 0.4) is 0 Å². The van der Waals surface area contributed by atoms with Gasteiger partial charge in [0, 0.05) is 13.0 Å². The zero-order valence-corrected chi connectivity index (χ0v) is 11.9. The Hall–Kier alpha value is -2.08. The number of benzene rings is 1. The fourth-order valence-corrected chi connectivity index (χ4v) is 2.61. The number of carbonyl (C=O) groups excluding carboxylic acids is 1. The van der Waals surface area contributed by atoms with Gasteiger partial charge in [-0.15, -0.1) is 0 Å².